The second-order valence-electron chi connectivity index (χ2n) is 3.20. The van der Waals surface area contributed by atoms with Gasteiger partial charge in [-0.2, -0.15) is 0 Å². The first-order valence-electron chi connectivity index (χ1n) is 4.76. The number of thiophene rings is 1. The normalized spacial score (nSPS) is 13.1. The van der Waals surface area contributed by atoms with Crippen molar-refractivity contribution in [2.24, 2.45) is 0 Å². The molecule has 0 fully saturated rings. The zero-order chi connectivity index (χ0) is 10.4. The molecule has 1 aromatic heterocycles. The summed E-state index contributed by atoms with van der Waals surface area (Å²) in [5.74, 6) is 0. The molecule has 1 heterocycles. The number of rotatable bonds is 6. The highest BCUT2D eigenvalue weighted by atomic mass is 79.9. The van der Waals surface area contributed by atoms with Gasteiger partial charge in [0.25, 0.3) is 0 Å². The van der Waals surface area contributed by atoms with E-state index < -0.39 is 0 Å². The number of halogens is 1. The van der Waals surface area contributed by atoms with Gasteiger partial charge in [-0.25, -0.2) is 0 Å². The van der Waals surface area contributed by atoms with E-state index in [4.69, 9.17) is 4.74 Å². The van der Waals surface area contributed by atoms with Gasteiger partial charge in [0.15, 0.2) is 0 Å². The van der Waals surface area contributed by atoms with Crippen molar-refractivity contribution < 1.29 is 4.74 Å². The van der Waals surface area contributed by atoms with Gasteiger partial charge in [0.2, 0.25) is 0 Å². The molecule has 1 atom stereocenters. The molecule has 0 radical (unpaired) electrons. The zero-order valence-electron chi connectivity index (χ0n) is 8.55. The molecule has 4 heteroatoms. The molecule has 0 aromatic carbocycles. The average Bonchev–Trinajstić information content (AvgIpc) is 2.58. The van der Waals surface area contributed by atoms with Gasteiger partial charge in [0.05, 0.1) is 10.4 Å². The topological polar surface area (TPSA) is 21.3 Å². The Morgan fingerprint density at radius 1 is 1.64 bits per heavy atom. The van der Waals surface area contributed by atoms with Crippen molar-refractivity contribution in [3.63, 3.8) is 0 Å². The number of nitrogens with one attached hydrogen (secondary N) is 1. The maximum absolute atomic E-state index is 5.32. The first-order chi connectivity index (χ1) is 6.72. The van der Waals surface area contributed by atoms with Gasteiger partial charge in [0.1, 0.15) is 0 Å². The van der Waals surface area contributed by atoms with Crippen molar-refractivity contribution in [3.05, 3.63) is 20.8 Å². The molecule has 0 saturated carbocycles. The van der Waals surface area contributed by atoms with Gasteiger partial charge >= 0.3 is 0 Å². The van der Waals surface area contributed by atoms with Crippen LogP contribution in [0.1, 0.15) is 19.4 Å². The summed E-state index contributed by atoms with van der Waals surface area (Å²) in [5, 5.41) is 5.57. The van der Waals surface area contributed by atoms with Crippen LogP contribution in [0.3, 0.4) is 0 Å². The van der Waals surface area contributed by atoms with Crippen LogP contribution in [0.25, 0.3) is 0 Å². The molecular formula is C10H16BrNOS. The van der Waals surface area contributed by atoms with Crippen molar-refractivity contribution in [1.82, 2.24) is 5.32 Å². The first kappa shape index (κ1) is 12.2. The molecule has 1 rings (SSSR count). The van der Waals surface area contributed by atoms with Gasteiger partial charge in [-0.15, -0.1) is 11.3 Å². The van der Waals surface area contributed by atoms with Crippen LogP contribution < -0.4 is 5.32 Å². The number of hydrogen-bond acceptors (Lipinski definition) is 3. The molecule has 14 heavy (non-hydrogen) atoms. The zero-order valence-corrected chi connectivity index (χ0v) is 11.0. The van der Waals surface area contributed by atoms with E-state index in [1.807, 2.05) is 6.92 Å². The van der Waals surface area contributed by atoms with Crippen molar-refractivity contribution in [2.45, 2.75) is 26.4 Å². The van der Waals surface area contributed by atoms with Gasteiger partial charge in [-0.1, -0.05) is 0 Å². The fraction of sp³-hybridized carbons (Fsp3) is 0.600. The van der Waals surface area contributed by atoms with E-state index in [1.165, 1.54) is 9.35 Å². The third kappa shape index (κ3) is 4.55. The molecule has 1 aromatic rings. The SMILES string of the molecule is CCOCC(C)NCc1csc(Br)c1. The largest absolute Gasteiger partial charge is 0.380 e. The molecule has 0 bridgehead atoms. The molecule has 0 aliphatic rings. The Bertz CT molecular complexity index is 264. The Hall–Kier alpha value is 0.100. The highest BCUT2D eigenvalue weighted by Gasteiger charge is 2.02. The van der Waals surface area contributed by atoms with Crippen LogP contribution in [0, 0.1) is 0 Å². The Kier molecular flexibility index (Phi) is 5.70. The van der Waals surface area contributed by atoms with Crippen LogP contribution in [0.5, 0.6) is 0 Å². The molecule has 0 spiro atoms. The average molecular weight is 278 g/mol. The lowest BCUT2D eigenvalue weighted by molar-refractivity contribution is 0.127. The van der Waals surface area contributed by atoms with Crippen LogP contribution in [0.4, 0.5) is 0 Å². The van der Waals surface area contributed by atoms with Crippen molar-refractivity contribution in [1.29, 1.82) is 0 Å². The van der Waals surface area contributed by atoms with Gasteiger partial charge in [0, 0.05) is 19.2 Å². The van der Waals surface area contributed by atoms with E-state index >= 15 is 0 Å². The summed E-state index contributed by atoms with van der Waals surface area (Å²) in [5.41, 5.74) is 1.32. The minimum atomic E-state index is 0.411. The van der Waals surface area contributed by atoms with Crippen molar-refractivity contribution in [3.8, 4) is 0 Å². The number of hydrogen-bond donors (Lipinski definition) is 1. The minimum Gasteiger partial charge on any atom is -0.380 e. The van der Waals surface area contributed by atoms with Crippen molar-refractivity contribution in [2.75, 3.05) is 13.2 Å². The fourth-order valence-corrected chi connectivity index (χ4v) is 2.29. The Morgan fingerprint density at radius 3 is 3.00 bits per heavy atom. The Labute approximate surface area is 97.8 Å². The first-order valence-corrected chi connectivity index (χ1v) is 6.43. The third-order valence-electron chi connectivity index (χ3n) is 1.85. The maximum atomic E-state index is 5.32. The van der Waals surface area contributed by atoms with E-state index in [9.17, 15) is 0 Å². The second kappa shape index (κ2) is 6.56. The van der Waals surface area contributed by atoms with Crippen LogP contribution >= 0.6 is 27.3 Å². The summed E-state index contributed by atoms with van der Waals surface area (Å²) >= 11 is 5.17. The molecule has 1 N–H and O–H groups in total. The van der Waals surface area contributed by atoms with E-state index in [1.54, 1.807) is 11.3 Å². The molecule has 2 nitrogen and oxygen atoms in total. The molecule has 0 saturated heterocycles. The van der Waals surface area contributed by atoms with E-state index in [-0.39, 0.29) is 0 Å². The lowest BCUT2D eigenvalue weighted by atomic mass is 10.3. The Balaban J connectivity index is 2.20. The lowest BCUT2D eigenvalue weighted by Gasteiger charge is -2.12. The monoisotopic (exact) mass is 277 g/mol. The van der Waals surface area contributed by atoms with Crippen LogP contribution in [0.2, 0.25) is 0 Å². The Morgan fingerprint density at radius 2 is 2.43 bits per heavy atom. The van der Waals surface area contributed by atoms with Crippen molar-refractivity contribution >= 4 is 27.3 Å². The predicted octanol–water partition coefficient (Wildman–Crippen LogP) is 3.03. The van der Waals surface area contributed by atoms with Gasteiger partial charge in [-0.05, 0) is 46.8 Å². The summed E-state index contributed by atoms with van der Waals surface area (Å²) in [4.78, 5) is 0. The third-order valence-corrected chi connectivity index (χ3v) is 3.40. The van der Waals surface area contributed by atoms with Gasteiger partial charge < -0.3 is 10.1 Å². The quantitative estimate of drug-likeness (QED) is 0.863. The molecule has 80 valence electrons. The van der Waals surface area contributed by atoms with Crippen LogP contribution in [0.15, 0.2) is 15.2 Å². The van der Waals surface area contributed by atoms with E-state index in [0.29, 0.717) is 6.04 Å². The lowest BCUT2D eigenvalue weighted by Crippen LogP contribution is -2.29. The second-order valence-corrected chi connectivity index (χ2v) is 5.49. The fourth-order valence-electron chi connectivity index (χ4n) is 1.08. The van der Waals surface area contributed by atoms with Gasteiger partial charge in [-0.3, -0.25) is 0 Å². The molecular weight excluding hydrogens is 262 g/mol. The maximum Gasteiger partial charge on any atom is 0.0701 e. The molecule has 1 unspecified atom stereocenters. The summed E-state index contributed by atoms with van der Waals surface area (Å²) < 4.78 is 6.51. The standard InChI is InChI=1S/C10H16BrNOS/c1-3-13-6-8(2)12-5-9-4-10(11)14-7-9/h4,7-8,12H,3,5-6H2,1-2H3. The highest BCUT2D eigenvalue weighted by molar-refractivity contribution is 9.11. The predicted molar refractivity (Wildman–Crippen MR) is 64.8 cm³/mol. The number of ether oxygens (including phenoxy) is 1. The molecule has 0 amide bonds. The summed E-state index contributed by atoms with van der Waals surface area (Å²) in [6, 6.07) is 2.55. The van der Waals surface area contributed by atoms with Crippen LogP contribution in [-0.2, 0) is 11.3 Å². The summed E-state index contributed by atoms with van der Waals surface area (Å²) in [6.45, 7) is 6.63. The summed E-state index contributed by atoms with van der Waals surface area (Å²) in [6.07, 6.45) is 0. The van der Waals surface area contributed by atoms with Crippen LogP contribution in [-0.4, -0.2) is 19.3 Å². The van der Waals surface area contributed by atoms with E-state index in [0.717, 1.165) is 19.8 Å². The molecule has 0 aliphatic carbocycles. The van der Waals surface area contributed by atoms with E-state index in [2.05, 4.69) is 39.6 Å². The minimum absolute atomic E-state index is 0.411. The highest BCUT2D eigenvalue weighted by Crippen LogP contribution is 2.20. The molecule has 0 aliphatic heterocycles. The summed E-state index contributed by atoms with van der Waals surface area (Å²) in [7, 11) is 0. The smallest absolute Gasteiger partial charge is 0.0701 e.